The lowest BCUT2D eigenvalue weighted by molar-refractivity contribution is -0.150. The van der Waals surface area contributed by atoms with E-state index in [-0.39, 0.29) is 17.5 Å². The van der Waals surface area contributed by atoms with Gasteiger partial charge in [0.05, 0.1) is 0 Å². The van der Waals surface area contributed by atoms with Crippen molar-refractivity contribution in [3.8, 4) is 0 Å². The standard InChI is InChI=1S/C17H24O3/c1-12-5-4-6-14(11-18)9-15-10-17(15,3)16(8-7-12)20-13(2)19/h5,9,11,15-16H,4,6-8,10H2,1-3H3. The number of rotatable bonds is 2. The molecule has 0 aromatic carbocycles. The van der Waals surface area contributed by atoms with E-state index >= 15 is 0 Å². The second kappa shape index (κ2) is 5.94. The average Bonchev–Trinajstić information content (AvgIpc) is 3.03. The Labute approximate surface area is 121 Å². The zero-order chi connectivity index (χ0) is 14.8. The van der Waals surface area contributed by atoms with Gasteiger partial charge < -0.3 is 4.74 Å². The molecule has 0 spiro atoms. The van der Waals surface area contributed by atoms with Crippen molar-refractivity contribution < 1.29 is 14.3 Å². The van der Waals surface area contributed by atoms with Crippen LogP contribution in [0.4, 0.5) is 0 Å². The number of carbonyl (C=O) groups is 2. The van der Waals surface area contributed by atoms with Crippen LogP contribution in [-0.4, -0.2) is 18.4 Å². The molecular formula is C17H24O3. The number of hydrogen-bond acceptors (Lipinski definition) is 3. The molecule has 2 rings (SSSR count). The van der Waals surface area contributed by atoms with Crippen molar-refractivity contribution >= 4 is 12.3 Å². The third kappa shape index (κ3) is 3.38. The minimum atomic E-state index is -0.210. The normalized spacial score (nSPS) is 34.0. The number of hydrogen-bond donors (Lipinski definition) is 0. The maximum absolute atomic E-state index is 11.3. The summed E-state index contributed by atoms with van der Waals surface area (Å²) in [6.07, 6.45) is 9.78. The Kier molecular flexibility index (Phi) is 4.46. The summed E-state index contributed by atoms with van der Waals surface area (Å²) in [6.45, 7) is 5.75. The predicted octanol–water partition coefficient (Wildman–Crippen LogP) is 3.59. The quantitative estimate of drug-likeness (QED) is 0.440. The SMILES string of the molecule is CC(=O)OC1CCC(C)=CCCC(C=O)=CC2CC21C. The van der Waals surface area contributed by atoms with Crippen LogP contribution in [-0.2, 0) is 14.3 Å². The van der Waals surface area contributed by atoms with Crippen LogP contribution in [0.2, 0.25) is 0 Å². The fourth-order valence-corrected chi connectivity index (χ4v) is 3.14. The van der Waals surface area contributed by atoms with Gasteiger partial charge >= 0.3 is 5.97 Å². The monoisotopic (exact) mass is 276 g/mol. The second-order valence-corrected chi connectivity index (χ2v) is 6.40. The summed E-state index contributed by atoms with van der Waals surface area (Å²) in [5.41, 5.74) is 2.20. The summed E-state index contributed by atoms with van der Waals surface area (Å²) in [5, 5.41) is 0. The second-order valence-electron chi connectivity index (χ2n) is 6.40. The molecule has 2 aliphatic carbocycles. The van der Waals surface area contributed by atoms with Crippen LogP contribution in [0.25, 0.3) is 0 Å². The maximum Gasteiger partial charge on any atom is 0.302 e. The smallest absolute Gasteiger partial charge is 0.302 e. The van der Waals surface area contributed by atoms with Crippen molar-refractivity contribution in [3.63, 3.8) is 0 Å². The first-order chi connectivity index (χ1) is 9.45. The highest BCUT2D eigenvalue weighted by atomic mass is 16.5. The molecule has 0 radical (unpaired) electrons. The van der Waals surface area contributed by atoms with E-state index in [0.29, 0.717) is 5.92 Å². The van der Waals surface area contributed by atoms with Crippen molar-refractivity contribution in [1.29, 1.82) is 0 Å². The highest BCUT2D eigenvalue weighted by Crippen LogP contribution is 2.58. The van der Waals surface area contributed by atoms with Crippen LogP contribution in [0.15, 0.2) is 23.3 Å². The van der Waals surface area contributed by atoms with Gasteiger partial charge in [0.2, 0.25) is 0 Å². The first-order valence-electron chi connectivity index (χ1n) is 7.44. The van der Waals surface area contributed by atoms with E-state index in [4.69, 9.17) is 4.74 Å². The number of fused-ring (bicyclic) bond motifs is 1. The van der Waals surface area contributed by atoms with E-state index in [9.17, 15) is 9.59 Å². The Morgan fingerprint density at radius 2 is 2.20 bits per heavy atom. The number of ether oxygens (including phenoxy) is 1. The van der Waals surface area contributed by atoms with Crippen molar-refractivity contribution in [2.45, 2.75) is 59.0 Å². The van der Waals surface area contributed by atoms with Crippen LogP contribution in [0.1, 0.15) is 52.9 Å². The van der Waals surface area contributed by atoms with Gasteiger partial charge in [0, 0.05) is 12.3 Å². The molecule has 3 heteroatoms. The lowest BCUT2D eigenvalue weighted by Crippen LogP contribution is -2.27. The van der Waals surface area contributed by atoms with Crippen LogP contribution >= 0.6 is 0 Å². The molecule has 110 valence electrons. The first-order valence-corrected chi connectivity index (χ1v) is 7.44. The van der Waals surface area contributed by atoms with Crippen molar-refractivity contribution in [2.75, 3.05) is 0 Å². The molecule has 3 atom stereocenters. The molecular weight excluding hydrogens is 252 g/mol. The zero-order valence-electron chi connectivity index (χ0n) is 12.6. The van der Waals surface area contributed by atoms with Crippen LogP contribution in [0.5, 0.6) is 0 Å². The Morgan fingerprint density at radius 1 is 1.45 bits per heavy atom. The molecule has 0 aromatic rings. The van der Waals surface area contributed by atoms with Gasteiger partial charge in [-0.1, -0.05) is 24.6 Å². The van der Waals surface area contributed by atoms with E-state index in [2.05, 4.69) is 26.0 Å². The number of esters is 1. The summed E-state index contributed by atoms with van der Waals surface area (Å²) in [7, 11) is 0. The number of aldehydes is 1. The van der Waals surface area contributed by atoms with Gasteiger partial charge in [-0.15, -0.1) is 0 Å². The lowest BCUT2D eigenvalue weighted by atomic mass is 9.92. The molecule has 1 fully saturated rings. The molecule has 0 saturated heterocycles. The van der Waals surface area contributed by atoms with Gasteiger partial charge in [0.25, 0.3) is 0 Å². The third-order valence-corrected chi connectivity index (χ3v) is 4.68. The molecule has 0 amide bonds. The van der Waals surface area contributed by atoms with Crippen molar-refractivity contribution in [1.82, 2.24) is 0 Å². The highest BCUT2D eigenvalue weighted by Gasteiger charge is 2.55. The minimum Gasteiger partial charge on any atom is -0.462 e. The Bertz CT molecular complexity index is 461. The summed E-state index contributed by atoms with van der Waals surface area (Å²) >= 11 is 0. The number of allylic oxidation sites excluding steroid dienone is 4. The van der Waals surface area contributed by atoms with Gasteiger partial charge in [-0.2, -0.15) is 0 Å². The Hall–Kier alpha value is -1.38. The molecule has 20 heavy (non-hydrogen) atoms. The molecule has 2 aliphatic rings. The maximum atomic E-state index is 11.3. The van der Waals surface area contributed by atoms with E-state index in [1.165, 1.54) is 12.5 Å². The fraction of sp³-hybridized carbons (Fsp3) is 0.647. The number of carbonyl (C=O) groups excluding carboxylic acids is 2. The van der Waals surface area contributed by atoms with Gasteiger partial charge in [-0.3, -0.25) is 9.59 Å². The summed E-state index contributed by atoms with van der Waals surface area (Å²) < 4.78 is 5.55. The molecule has 3 unspecified atom stereocenters. The predicted molar refractivity (Wildman–Crippen MR) is 78.1 cm³/mol. The largest absolute Gasteiger partial charge is 0.462 e. The summed E-state index contributed by atoms with van der Waals surface area (Å²) in [6, 6.07) is 0. The van der Waals surface area contributed by atoms with Crippen LogP contribution < -0.4 is 0 Å². The van der Waals surface area contributed by atoms with E-state index in [0.717, 1.165) is 44.0 Å². The molecule has 0 bridgehead atoms. The molecule has 0 N–H and O–H groups in total. The molecule has 0 heterocycles. The molecule has 3 nitrogen and oxygen atoms in total. The minimum absolute atomic E-state index is 0.00451. The Morgan fingerprint density at radius 3 is 2.85 bits per heavy atom. The fourth-order valence-electron chi connectivity index (χ4n) is 3.14. The summed E-state index contributed by atoms with van der Waals surface area (Å²) in [5.74, 6) is 0.156. The molecule has 0 aromatic heterocycles. The zero-order valence-corrected chi connectivity index (χ0v) is 12.6. The van der Waals surface area contributed by atoms with Crippen LogP contribution in [0, 0.1) is 11.3 Å². The molecule has 0 aliphatic heterocycles. The van der Waals surface area contributed by atoms with Crippen molar-refractivity contribution in [2.24, 2.45) is 11.3 Å². The lowest BCUT2D eigenvalue weighted by Gasteiger charge is -2.24. The molecule has 1 saturated carbocycles. The third-order valence-electron chi connectivity index (χ3n) is 4.68. The van der Waals surface area contributed by atoms with E-state index in [1.54, 1.807) is 0 Å². The first kappa shape index (κ1) is 15.0. The van der Waals surface area contributed by atoms with Gasteiger partial charge in [-0.25, -0.2) is 0 Å². The Balaban J connectivity index is 2.22. The van der Waals surface area contributed by atoms with E-state index < -0.39 is 0 Å². The summed E-state index contributed by atoms with van der Waals surface area (Å²) in [4.78, 5) is 22.5. The average molecular weight is 276 g/mol. The van der Waals surface area contributed by atoms with Gasteiger partial charge in [0.15, 0.2) is 0 Å². The van der Waals surface area contributed by atoms with Gasteiger partial charge in [-0.05, 0) is 50.5 Å². The van der Waals surface area contributed by atoms with E-state index in [1.807, 2.05) is 0 Å². The topological polar surface area (TPSA) is 43.4 Å². The van der Waals surface area contributed by atoms with Gasteiger partial charge in [0.1, 0.15) is 12.4 Å². The van der Waals surface area contributed by atoms with Crippen LogP contribution in [0.3, 0.4) is 0 Å². The van der Waals surface area contributed by atoms with Crippen molar-refractivity contribution in [3.05, 3.63) is 23.3 Å². The highest BCUT2D eigenvalue weighted by molar-refractivity contribution is 5.73.